The number of benzene rings is 1. The van der Waals surface area contributed by atoms with Crippen LogP contribution in [0.5, 0.6) is 0 Å². The van der Waals surface area contributed by atoms with Gasteiger partial charge in [0.25, 0.3) is 0 Å². The second-order valence-electron chi connectivity index (χ2n) is 2.97. The lowest BCUT2D eigenvalue weighted by atomic mass is 10.4. The maximum atomic E-state index is 6.08. The molecular formula is C11H6BrCl2NS. The van der Waals surface area contributed by atoms with Crippen LogP contribution in [0, 0.1) is 0 Å². The normalized spacial score (nSPS) is 10.4. The average molecular weight is 335 g/mol. The second kappa shape index (κ2) is 5.41. The minimum Gasteiger partial charge on any atom is -0.247 e. The molecule has 0 fully saturated rings. The summed E-state index contributed by atoms with van der Waals surface area (Å²) in [5.41, 5.74) is 0. The van der Waals surface area contributed by atoms with Crippen LogP contribution in [-0.2, 0) is 0 Å². The van der Waals surface area contributed by atoms with E-state index >= 15 is 0 Å². The van der Waals surface area contributed by atoms with Gasteiger partial charge in [-0.25, -0.2) is 4.98 Å². The van der Waals surface area contributed by atoms with Crippen LogP contribution in [0.1, 0.15) is 0 Å². The summed E-state index contributed by atoms with van der Waals surface area (Å²) in [7, 11) is 0. The monoisotopic (exact) mass is 333 g/mol. The van der Waals surface area contributed by atoms with Crippen molar-refractivity contribution in [1.82, 2.24) is 4.98 Å². The molecule has 1 heterocycles. The van der Waals surface area contributed by atoms with Gasteiger partial charge in [-0.3, -0.25) is 0 Å². The Morgan fingerprint density at radius 3 is 2.56 bits per heavy atom. The van der Waals surface area contributed by atoms with E-state index in [0.29, 0.717) is 10.0 Å². The topological polar surface area (TPSA) is 12.9 Å². The van der Waals surface area contributed by atoms with E-state index in [2.05, 4.69) is 20.9 Å². The lowest BCUT2D eigenvalue weighted by Gasteiger charge is -2.04. The summed E-state index contributed by atoms with van der Waals surface area (Å²) < 4.78 is 0.862. The third-order valence-electron chi connectivity index (χ3n) is 1.82. The van der Waals surface area contributed by atoms with Crippen molar-refractivity contribution in [3.63, 3.8) is 0 Å². The van der Waals surface area contributed by atoms with Crippen LogP contribution in [0.3, 0.4) is 0 Å². The minimum absolute atomic E-state index is 0.610. The van der Waals surface area contributed by atoms with Crippen molar-refractivity contribution >= 4 is 50.9 Å². The molecule has 0 N–H and O–H groups in total. The average Bonchev–Trinajstić information content (AvgIpc) is 2.25. The van der Waals surface area contributed by atoms with Crippen LogP contribution >= 0.6 is 50.9 Å². The Morgan fingerprint density at radius 1 is 1.12 bits per heavy atom. The van der Waals surface area contributed by atoms with Crippen LogP contribution in [0.4, 0.5) is 0 Å². The van der Waals surface area contributed by atoms with Gasteiger partial charge in [-0.1, -0.05) is 47.1 Å². The number of hydrogen-bond acceptors (Lipinski definition) is 2. The predicted octanol–water partition coefficient (Wildman–Crippen LogP) is 5.30. The van der Waals surface area contributed by atoms with Gasteiger partial charge in [0.2, 0.25) is 0 Å². The van der Waals surface area contributed by atoms with Crippen molar-refractivity contribution in [3.05, 3.63) is 51.0 Å². The Labute approximate surface area is 116 Å². The molecule has 2 rings (SSSR count). The van der Waals surface area contributed by atoms with Gasteiger partial charge in [0.15, 0.2) is 0 Å². The molecule has 0 aliphatic heterocycles. The van der Waals surface area contributed by atoms with E-state index in [1.54, 1.807) is 6.20 Å². The van der Waals surface area contributed by atoms with Crippen LogP contribution in [0.25, 0.3) is 0 Å². The summed E-state index contributed by atoms with van der Waals surface area (Å²) in [5.74, 6) is 0. The molecule has 0 spiro atoms. The van der Waals surface area contributed by atoms with Gasteiger partial charge in [0, 0.05) is 15.6 Å². The second-order valence-corrected chi connectivity index (χ2v) is 5.73. The molecule has 1 nitrogen and oxygen atoms in total. The molecular weight excluding hydrogens is 329 g/mol. The lowest BCUT2D eigenvalue weighted by molar-refractivity contribution is 1.12. The maximum absolute atomic E-state index is 6.08. The Kier molecular flexibility index (Phi) is 4.14. The lowest BCUT2D eigenvalue weighted by Crippen LogP contribution is -1.82. The quantitative estimate of drug-likeness (QED) is 0.738. The highest BCUT2D eigenvalue weighted by atomic mass is 79.9. The smallest absolute Gasteiger partial charge is 0.119 e. The van der Waals surface area contributed by atoms with Crippen LogP contribution < -0.4 is 0 Å². The van der Waals surface area contributed by atoms with Crippen molar-refractivity contribution in [2.75, 3.05) is 0 Å². The van der Waals surface area contributed by atoms with Crippen LogP contribution in [0.2, 0.25) is 10.0 Å². The Hall–Kier alpha value is -0.220. The van der Waals surface area contributed by atoms with Gasteiger partial charge in [0.1, 0.15) is 5.03 Å². The van der Waals surface area contributed by atoms with Crippen LogP contribution in [-0.4, -0.2) is 4.98 Å². The highest BCUT2D eigenvalue weighted by Crippen LogP contribution is 2.36. The van der Waals surface area contributed by atoms with Gasteiger partial charge in [-0.2, -0.15) is 0 Å². The molecule has 82 valence electrons. The number of aromatic nitrogens is 1. The van der Waals surface area contributed by atoms with E-state index in [1.807, 2.05) is 30.3 Å². The van der Waals surface area contributed by atoms with Gasteiger partial charge in [-0.15, -0.1) is 0 Å². The standard InChI is InChI=1S/C11H6BrCl2NS/c12-7-5-9(14)11(15-6-7)16-10-4-2-1-3-8(10)13/h1-6H. The third kappa shape index (κ3) is 2.92. The molecule has 0 radical (unpaired) electrons. The minimum atomic E-state index is 0.610. The highest BCUT2D eigenvalue weighted by Gasteiger charge is 2.07. The first-order chi connectivity index (χ1) is 7.66. The molecule has 0 bridgehead atoms. The molecule has 0 saturated carbocycles. The van der Waals surface area contributed by atoms with Crippen molar-refractivity contribution in [1.29, 1.82) is 0 Å². The Balaban J connectivity index is 2.31. The summed E-state index contributed by atoms with van der Waals surface area (Å²) in [6, 6.07) is 9.42. The summed E-state index contributed by atoms with van der Waals surface area (Å²) in [6.45, 7) is 0. The van der Waals surface area contributed by atoms with Crippen molar-refractivity contribution in [2.45, 2.75) is 9.92 Å². The van der Waals surface area contributed by atoms with E-state index in [0.717, 1.165) is 14.4 Å². The predicted molar refractivity (Wildman–Crippen MR) is 72.5 cm³/mol. The zero-order chi connectivity index (χ0) is 11.5. The fourth-order valence-electron chi connectivity index (χ4n) is 1.11. The number of halogens is 3. The summed E-state index contributed by atoms with van der Waals surface area (Å²) >= 11 is 16.9. The van der Waals surface area contributed by atoms with E-state index in [1.165, 1.54) is 11.8 Å². The Morgan fingerprint density at radius 2 is 1.88 bits per heavy atom. The van der Waals surface area contributed by atoms with Gasteiger partial charge >= 0.3 is 0 Å². The molecule has 0 unspecified atom stereocenters. The zero-order valence-corrected chi connectivity index (χ0v) is 11.9. The van der Waals surface area contributed by atoms with E-state index in [-0.39, 0.29) is 0 Å². The van der Waals surface area contributed by atoms with Gasteiger partial charge in [-0.05, 0) is 34.1 Å². The number of pyridine rings is 1. The molecule has 0 aliphatic rings. The maximum Gasteiger partial charge on any atom is 0.119 e. The highest BCUT2D eigenvalue weighted by molar-refractivity contribution is 9.10. The molecule has 0 aliphatic carbocycles. The first kappa shape index (κ1) is 12.2. The van der Waals surface area contributed by atoms with Crippen molar-refractivity contribution in [3.8, 4) is 0 Å². The summed E-state index contributed by atoms with van der Waals surface area (Å²) in [5, 5.41) is 2.06. The van der Waals surface area contributed by atoms with E-state index in [9.17, 15) is 0 Å². The fraction of sp³-hybridized carbons (Fsp3) is 0. The molecule has 0 saturated heterocycles. The van der Waals surface area contributed by atoms with Gasteiger partial charge < -0.3 is 0 Å². The molecule has 1 aromatic heterocycles. The largest absolute Gasteiger partial charge is 0.247 e. The SMILES string of the molecule is Clc1ccccc1Sc1ncc(Br)cc1Cl. The fourth-order valence-corrected chi connectivity index (χ4v) is 2.89. The number of hydrogen-bond donors (Lipinski definition) is 0. The number of rotatable bonds is 2. The summed E-state index contributed by atoms with van der Waals surface area (Å²) in [6.07, 6.45) is 1.71. The summed E-state index contributed by atoms with van der Waals surface area (Å²) in [4.78, 5) is 5.18. The van der Waals surface area contributed by atoms with Crippen molar-refractivity contribution in [2.24, 2.45) is 0 Å². The molecule has 0 amide bonds. The molecule has 1 aromatic carbocycles. The van der Waals surface area contributed by atoms with E-state index < -0.39 is 0 Å². The third-order valence-corrected chi connectivity index (χ3v) is 4.19. The Bertz CT molecular complexity index is 519. The van der Waals surface area contributed by atoms with Crippen LogP contribution in [0.15, 0.2) is 50.9 Å². The molecule has 16 heavy (non-hydrogen) atoms. The zero-order valence-electron chi connectivity index (χ0n) is 7.95. The number of nitrogens with zero attached hydrogens (tertiary/aromatic N) is 1. The first-order valence-electron chi connectivity index (χ1n) is 4.40. The van der Waals surface area contributed by atoms with E-state index in [4.69, 9.17) is 23.2 Å². The van der Waals surface area contributed by atoms with Crippen molar-refractivity contribution < 1.29 is 0 Å². The molecule has 0 atom stereocenters. The molecule has 5 heteroatoms. The van der Waals surface area contributed by atoms with Gasteiger partial charge in [0.05, 0.1) is 10.0 Å². The first-order valence-corrected chi connectivity index (χ1v) is 6.77. The molecule has 2 aromatic rings.